The summed E-state index contributed by atoms with van der Waals surface area (Å²) in [5.74, 6) is -2.17. The average Bonchev–Trinajstić information content (AvgIpc) is 3.62. The van der Waals surface area contributed by atoms with Crippen molar-refractivity contribution in [2.24, 2.45) is 0 Å². The van der Waals surface area contributed by atoms with Crippen LogP contribution in [0.5, 0.6) is 0 Å². The molecule has 1 saturated heterocycles. The zero-order valence-electron chi connectivity index (χ0n) is 22.8. The fourth-order valence-corrected chi connectivity index (χ4v) is 4.83. The fraction of sp³-hybridized carbons (Fsp3) is 0.161. The van der Waals surface area contributed by atoms with Crippen LogP contribution >= 0.6 is 0 Å². The van der Waals surface area contributed by atoms with Crippen LogP contribution in [-0.2, 0) is 18.9 Å². The van der Waals surface area contributed by atoms with Crippen LogP contribution in [0.3, 0.4) is 0 Å². The predicted molar refractivity (Wildman–Crippen MR) is 153 cm³/mol. The number of hydrogen-bond donors (Lipinski definition) is 2. The molecule has 13 heteroatoms. The van der Waals surface area contributed by atoms with Gasteiger partial charge in [0.25, 0.3) is 5.56 Å². The molecule has 5 aromatic rings. The van der Waals surface area contributed by atoms with Gasteiger partial charge in [-0.25, -0.2) is 24.2 Å². The Morgan fingerprint density at radius 3 is 1.82 bits per heavy atom. The monoisotopic (exact) mass is 596 g/mol. The van der Waals surface area contributed by atoms with Gasteiger partial charge in [0.15, 0.2) is 24.0 Å². The summed E-state index contributed by atoms with van der Waals surface area (Å²) >= 11 is 0. The van der Waals surface area contributed by atoms with E-state index in [1.54, 1.807) is 91.0 Å². The number of benzene rings is 3. The van der Waals surface area contributed by atoms with Gasteiger partial charge in [0, 0.05) is 0 Å². The molecule has 3 aromatic carbocycles. The fourth-order valence-electron chi connectivity index (χ4n) is 4.83. The second kappa shape index (κ2) is 12.2. The Labute approximate surface area is 248 Å². The number of aromatic nitrogens is 4. The van der Waals surface area contributed by atoms with Crippen molar-refractivity contribution in [2.75, 3.05) is 6.61 Å². The minimum absolute atomic E-state index is 0.0282. The summed E-state index contributed by atoms with van der Waals surface area (Å²) in [6.07, 6.45) is -3.87. The molecule has 13 nitrogen and oxygen atoms in total. The minimum Gasteiger partial charge on any atom is -0.459 e. The van der Waals surface area contributed by atoms with Gasteiger partial charge in [0.05, 0.1) is 23.0 Å². The molecule has 3 heterocycles. The van der Waals surface area contributed by atoms with Crippen LogP contribution in [0.25, 0.3) is 11.2 Å². The van der Waals surface area contributed by atoms with Crippen molar-refractivity contribution >= 4 is 29.1 Å². The van der Waals surface area contributed by atoms with Gasteiger partial charge in [0.2, 0.25) is 0 Å². The first-order valence-electron chi connectivity index (χ1n) is 13.5. The quantitative estimate of drug-likeness (QED) is 0.200. The highest BCUT2D eigenvalue weighted by Crippen LogP contribution is 2.36. The summed E-state index contributed by atoms with van der Waals surface area (Å²) in [6, 6.07) is 24.5. The highest BCUT2D eigenvalue weighted by Gasteiger charge is 2.51. The lowest BCUT2D eigenvalue weighted by molar-refractivity contribution is -0.0606. The molecule has 4 atom stereocenters. The first-order valence-corrected chi connectivity index (χ1v) is 13.5. The first-order chi connectivity index (χ1) is 21.4. The van der Waals surface area contributed by atoms with Crippen molar-refractivity contribution in [3.8, 4) is 0 Å². The molecular formula is C31H24N4O9. The average molecular weight is 597 g/mol. The molecule has 0 saturated carbocycles. The third-order valence-corrected chi connectivity index (χ3v) is 6.92. The Kier molecular flexibility index (Phi) is 7.84. The molecule has 1 aliphatic heterocycles. The molecule has 2 N–H and O–H groups in total. The Morgan fingerprint density at radius 2 is 1.25 bits per heavy atom. The summed E-state index contributed by atoms with van der Waals surface area (Å²) in [5, 5.41) is 0. The van der Waals surface area contributed by atoms with E-state index in [1.807, 2.05) is 0 Å². The highest BCUT2D eigenvalue weighted by molar-refractivity contribution is 5.91. The van der Waals surface area contributed by atoms with Gasteiger partial charge in [-0.05, 0) is 36.4 Å². The number of imidazole rings is 1. The minimum atomic E-state index is -1.35. The zero-order chi connectivity index (χ0) is 30.6. The number of carbonyl (C=O) groups is 3. The maximum atomic E-state index is 13.3. The van der Waals surface area contributed by atoms with E-state index in [1.165, 1.54) is 10.9 Å². The molecule has 222 valence electrons. The second-order valence-corrected chi connectivity index (χ2v) is 9.76. The Bertz CT molecular complexity index is 1920. The number of esters is 3. The standard InChI is InChI=1S/C31H24N4O9/c36-26-22-25(33-31(40)34-26)35(17-32-22)27-24(44-30(39)20-14-8-3-9-15-20)23(43-29(38)19-12-6-2-7-13-19)21(42-27)16-41-28(37)18-10-4-1-5-11-18/h1-15,17,21,23-24,27H,16H2,(H2,33,34,36,40)/t21-,23-,24+,27-/m1/s1. The van der Waals surface area contributed by atoms with E-state index in [4.69, 9.17) is 18.9 Å². The molecule has 0 aliphatic carbocycles. The van der Waals surface area contributed by atoms with E-state index < -0.39 is 60.3 Å². The number of hydrogen-bond acceptors (Lipinski definition) is 10. The van der Waals surface area contributed by atoms with E-state index in [0.29, 0.717) is 0 Å². The lowest BCUT2D eigenvalue weighted by Gasteiger charge is -2.25. The van der Waals surface area contributed by atoms with E-state index in [-0.39, 0.29) is 27.9 Å². The molecule has 0 amide bonds. The number of carbonyl (C=O) groups excluding carboxylic acids is 3. The number of fused-ring (bicyclic) bond motifs is 1. The van der Waals surface area contributed by atoms with Gasteiger partial charge >= 0.3 is 23.6 Å². The molecule has 1 fully saturated rings. The number of H-pyrrole nitrogens is 2. The summed E-state index contributed by atoms with van der Waals surface area (Å²) in [7, 11) is 0. The summed E-state index contributed by atoms with van der Waals surface area (Å²) in [4.78, 5) is 72.6. The van der Waals surface area contributed by atoms with Crippen molar-refractivity contribution in [2.45, 2.75) is 24.5 Å². The SMILES string of the molecule is O=C(OC[C@H]1O[C@@H](n2cnc3c(=O)[nH]c(=O)[nH]c32)[C@@H](OC(=O)c2ccccc2)[C@@H]1OC(=O)c1ccccc1)c1ccccc1. The maximum absolute atomic E-state index is 13.3. The summed E-state index contributed by atoms with van der Waals surface area (Å²) in [5.41, 5.74) is -0.993. The van der Waals surface area contributed by atoms with Gasteiger partial charge < -0.3 is 18.9 Å². The number of rotatable bonds is 8. The van der Waals surface area contributed by atoms with Gasteiger partial charge in [-0.15, -0.1) is 0 Å². The number of aromatic amines is 2. The third-order valence-electron chi connectivity index (χ3n) is 6.92. The van der Waals surface area contributed by atoms with E-state index in [2.05, 4.69) is 15.0 Å². The molecule has 1 aliphatic rings. The van der Waals surface area contributed by atoms with E-state index >= 15 is 0 Å². The Balaban J connectivity index is 1.39. The normalized spacial score (nSPS) is 19.4. The smallest absolute Gasteiger partial charge is 0.338 e. The highest BCUT2D eigenvalue weighted by atomic mass is 16.7. The lowest BCUT2D eigenvalue weighted by atomic mass is 10.1. The topological polar surface area (TPSA) is 172 Å². The number of ether oxygens (including phenoxy) is 4. The van der Waals surface area contributed by atoms with Crippen LogP contribution in [-0.4, -0.2) is 62.3 Å². The van der Waals surface area contributed by atoms with Crippen molar-refractivity contribution in [3.63, 3.8) is 0 Å². The van der Waals surface area contributed by atoms with E-state index in [9.17, 15) is 24.0 Å². The predicted octanol–water partition coefficient (Wildman–Crippen LogP) is 2.62. The molecule has 0 bridgehead atoms. The molecule has 6 rings (SSSR count). The summed E-state index contributed by atoms with van der Waals surface area (Å²) < 4.78 is 24.8. The molecule has 44 heavy (non-hydrogen) atoms. The van der Waals surface area contributed by atoms with Crippen LogP contribution in [0.1, 0.15) is 37.3 Å². The molecular weight excluding hydrogens is 572 g/mol. The number of nitrogens with one attached hydrogen (secondary N) is 2. The van der Waals surface area contributed by atoms with Crippen molar-refractivity contribution in [3.05, 3.63) is 135 Å². The third kappa shape index (κ3) is 5.76. The van der Waals surface area contributed by atoms with Crippen molar-refractivity contribution < 1.29 is 33.3 Å². The van der Waals surface area contributed by atoms with Crippen LogP contribution in [0.4, 0.5) is 0 Å². The Hall–Kier alpha value is -5.82. The molecule has 0 radical (unpaired) electrons. The molecule has 0 unspecified atom stereocenters. The van der Waals surface area contributed by atoms with Crippen molar-refractivity contribution in [1.82, 2.24) is 19.5 Å². The molecule has 0 spiro atoms. The van der Waals surface area contributed by atoms with E-state index in [0.717, 1.165) is 0 Å². The Morgan fingerprint density at radius 1 is 0.727 bits per heavy atom. The zero-order valence-corrected chi connectivity index (χ0v) is 22.8. The van der Waals surface area contributed by atoms with Crippen LogP contribution in [0.15, 0.2) is 107 Å². The number of nitrogens with zero attached hydrogens (tertiary/aromatic N) is 2. The second-order valence-electron chi connectivity index (χ2n) is 9.76. The van der Waals surface area contributed by atoms with Crippen LogP contribution in [0, 0.1) is 0 Å². The first kappa shape index (κ1) is 28.3. The molecule has 2 aromatic heterocycles. The van der Waals surface area contributed by atoms with Crippen LogP contribution < -0.4 is 11.2 Å². The van der Waals surface area contributed by atoms with Gasteiger partial charge in [-0.2, -0.15) is 0 Å². The lowest BCUT2D eigenvalue weighted by Crippen LogP contribution is -2.41. The largest absolute Gasteiger partial charge is 0.459 e. The van der Waals surface area contributed by atoms with Crippen LogP contribution in [0.2, 0.25) is 0 Å². The summed E-state index contributed by atoms with van der Waals surface area (Å²) in [6.45, 7) is -0.403. The van der Waals surface area contributed by atoms with Gasteiger partial charge in [0.1, 0.15) is 18.4 Å². The van der Waals surface area contributed by atoms with Gasteiger partial charge in [-0.3, -0.25) is 19.3 Å². The van der Waals surface area contributed by atoms with Gasteiger partial charge in [-0.1, -0.05) is 54.6 Å². The van der Waals surface area contributed by atoms with Crippen molar-refractivity contribution in [1.29, 1.82) is 0 Å². The maximum Gasteiger partial charge on any atom is 0.338 e.